The second-order valence-electron chi connectivity index (χ2n) is 5.33. The van der Waals surface area contributed by atoms with Crippen molar-refractivity contribution in [1.29, 1.82) is 0 Å². The Kier molecular flexibility index (Phi) is 3.89. The molecule has 0 aliphatic carbocycles. The summed E-state index contributed by atoms with van der Waals surface area (Å²) in [5.41, 5.74) is 2.12. The van der Waals surface area contributed by atoms with Crippen molar-refractivity contribution in [3.8, 4) is 0 Å². The van der Waals surface area contributed by atoms with E-state index in [1.165, 1.54) is 4.70 Å². The van der Waals surface area contributed by atoms with Gasteiger partial charge in [0.05, 0.1) is 16.8 Å². The second kappa shape index (κ2) is 6.18. The normalized spacial score (nSPS) is 14.3. The Morgan fingerprint density at radius 2 is 1.96 bits per heavy atom. The lowest BCUT2D eigenvalue weighted by Gasteiger charge is -2.20. The maximum atomic E-state index is 6.27. The number of rotatable bonds is 3. The zero-order chi connectivity index (χ0) is 15.6. The quantitative estimate of drug-likeness (QED) is 0.774. The molecule has 0 fully saturated rings. The molecule has 0 amide bonds. The van der Waals surface area contributed by atoms with Crippen LogP contribution in [0.2, 0.25) is 5.02 Å². The first kappa shape index (κ1) is 14.5. The van der Waals surface area contributed by atoms with Crippen LogP contribution in [0.3, 0.4) is 0 Å². The van der Waals surface area contributed by atoms with E-state index in [1.807, 2.05) is 36.4 Å². The van der Waals surface area contributed by atoms with Gasteiger partial charge in [0.1, 0.15) is 0 Å². The molecule has 1 aliphatic rings. The van der Waals surface area contributed by atoms with Gasteiger partial charge in [-0.1, -0.05) is 53.3 Å². The number of aromatic nitrogens is 1. The highest BCUT2D eigenvalue weighted by Gasteiger charge is 2.19. The number of hydrogen-bond donors (Lipinski definition) is 1. The molecule has 4 nitrogen and oxygen atoms in total. The van der Waals surface area contributed by atoms with Crippen LogP contribution in [0.4, 0.5) is 5.13 Å². The lowest BCUT2D eigenvalue weighted by atomic mass is 10.2. The number of fused-ring (bicyclic) bond motifs is 1. The third-order valence-corrected chi connectivity index (χ3v) is 5.08. The van der Waals surface area contributed by atoms with Crippen molar-refractivity contribution in [1.82, 2.24) is 9.88 Å². The highest BCUT2D eigenvalue weighted by atomic mass is 35.5. The van der Waals surface area contributed by atoms with Crippen LogP contribution in [0.15, 0.2) is 53.5 Å². The number of para-hydroxylation sites is 1. The van der Waals surface area contributed by atoms with Gasteiger partial charge in [-0.3, -0.25) is 4.99 Å². The molecule has 0 atom stereocenters. The zero-order valence-electron chi connectivity index (χ0n) is 12.4. The van der Waals surface area contributed by atoms with Gasteiger partial charge in [0.2, 0.25) is 5.96 Å². The Morgan fingerprint density at radius 3 is 2.83 bits per heavy atom. The topological polar surface area (TPSA) is 40.5 Å². The molecule has 0 radical (unpaired) electrons. The van der Waals surface area contributed by atoms with Gasteiger partial charge in [-0.2, -0.15) is 0 Å². The van der Waals surface area contributed by atoms with Crippen LogP contribution in [0.5, 0.6) is 0 Å². The van der Waals surface area contributed by atoms with E-state index in [9.17, 15) is 0 Å². The maximum absolute atomic E-state index is 6.27. The van der Waals surface area contributed by atoms with Crippen molar-refractivity contribution >= 4 is 44.2 Å². The molecule has 0 saturated carbocycles. The lowest BCUT2D eigenvalue weighted by molar-refractivity contribution is 0.451. The molecule has 2 heterocycles. The van der Waals surface area contributed by atoms with Crippen LogP contribution < -0.4 is 5.32 Å². The van der Waals surface area contributed by atoms with E-state index in [4.69, 9.17) is 11.6 Å². The van der Waals surface area contributed by atoms with Crippen molar-refractivity contribution in [2.24, 2.45) is 4.99 Å². The predicted molar refractivity (Wildman–Crippen MR) is 97.4 cm³/mol. The van der Waals surface area contributed by atoms with Crippen LogP contribution in [-0.4, -0.2) is 28.9 Å². The van der Waals surface area contributed by atoms with Gasteiger partial charge in [-0.15, -0.1) is 0 Å². The van der Waals surface area contributed by atoms with Gasteiger partial charge in [0.15, 0.2) is 5.13 Å². The van der Waals surface area contributed by atoms with Gasteiger partial charge in [-0.25, -0.2) is 4.98 Å². The van der Waals surface area contributed by atoms with Crippen LogP contribution in [0.25, 0.3) is 10.2 Å². The molecular weight excluding hydrogens is 328 g/mol. The van der Waals surface area contributed by atoms with Crippen LogP contribution >= 0.6 is 22.9 Å². The Hall–Kier alpha value is -2.11. The summed E-state index contributed by atoms with van der Waals surface area (Å²) in [4.78, 5) is 11.4. The highest BCUT2D eigenvalue weighted by Crippen LogP contribution is 2.26. The summed E-state index contributed by atoms with van der Waals surface area (Å²) in [6.45, 7) is 2.42. The Morgan fingerprint density at radius 1 is 1.13 bits per heavy atom. The van der Waals surface area contributed by atoms with E-state index in [0.717, 1.165) is 46.8 Å². The number of aliphatic imine (C=N–C) groups is 1. The summed E-state index contributed by atoms with van der Waals surface area (Å²) in [7, 11) is 0. The number of nitrogens with zero attached hydrogens (tertiary/aromatic N) is 3. The molecular formula is C17H15ClN4S. The summed E-state index contributed by atoms with van der Waals surface area (Å²) in [6.07, 6.45) is 0. The second-order valence-corrected chi connectivity index (χ2v) is 6.77. The molecule has 4 rings (SSSR count). The van der Waals surface area contributed by atoms with Gasteiger partial charge in [0, 0.05) is 18.1 Å². The number of hydrogen-bond acceptors (Lipinski definition) is 5. The molecule has 1 aromatic heterocycles. The Labute approximate surface area is 143 Å². The van der Waals surface area contributed by atoms with E-state index in [-0.39, 0.29) is 0 Å². The summed E-state index contributed by atoms with van der Waals surface area (Å²) in [5, 5.41) is 5.02. The van der Waals surface area contributed by atoms with Gasteiger partial charge in [-0.05, 0) is 23.8 Å². The SMILES string of the molecule is Clc1ccccc1CN1CCN=C1Nc1nc2ccccc2s1. The van der Waals surface area contributed by atoms with Gasteiger partial charge in [0.25, 0.3) is 0 Å². The average molecular weight is 343 g/mol. The smallest absolute Gasteiger partial charge is 0.200 e. The fourth-order valence-electron chi connectivity index (χ4n) is 2.61. The van der Waals surface area contributed by atoms with Crippen LogP contribution in [0.1, 0.15) is 5.56 Å². The Bertz CT molecular complexity index is 841. The number of anilines is 1. The molecule has 3 aromatic rings. The van der Waals surface area contributed by atoms with E-state index >= 15 is 0 Å². The zero-order valence-corrected chi connectivity index (χ0v) is 13.9. The predicted octanol–water partition coefficient (Wildman–Crippen LogP) is 4.23. The molecule has 2 aromatic carbocycles. The largest absolute Gasteiger partial charge is 0.336 e. The monoisotopic (exact) mass is 342 g/mol. The number of halogens is 1. The number of benzene rings is 2. The van der Waals surface area contributed by atoms with Crippen molar-refractivity contribution in [2.45, 2.75) is 6.54 Å². The van der Waals surface area contributed by atoms with E-state index in [2.05, 4.69) is 32.3 Å². The fourth-order valence-corrected chi connectivity index (χ4v) is 3.66. The third-order valence-electron chi connectivity index (χ3n) is 3.76. The number of thiazole rings is 1. The first-order valence-corrected chi connectivity index (χ1v) is 8.64. The van der Waals surface area contributed by atoms with Crippen molar-refractivity contribution in [3.63, 3.8) is 0 Å². The molecule has 0 spiro atoms. The van der Waals surface area contributed by atoms with Crippen molar-refractivity contribution in [2.75, 3.05) is 18.4 Å². The third kappa shape index (κ3) is 3.02. The fraction of sp³-hybridized carbons (Fsp3) is 0.176. The summed E-state index contributed by atoms with van der Waals surface area (Å²) < 4.78 is 1.17. The van der Waals surface area contributed by atoms with Crippen molar-refractivity contribution < 1.29 is 0 Å². The first-order valence-electron chi connectivity index (χ1n) is 7.45. The molecule has 1 aliphatic heterocycles. The summed E-state index contributed by atoms with van der Waals surface area (Å²) in [5.74, 6) is 0.865. The van der Waals surface area contributed by atoms with E-state index < -0.39 is 0 Å². The standard InChI is InChI=1S/C17H15ClN4S/c18-13-6-2-1-5-12(13)11-22-10-9-19-16(22)21-17-20-14-7-3-4-8-15(14)23-17/h1-8H,9-11H2,(H,19,20,21). The first-order chi connectivity index (χ1) is 11.3. The molecule has 0 saturated heterocycles. The minimum absolute atomic E-state index is 0.746. The minimum Gasteiger partial charge on any atom is -0.336 e. The van der Waals surface area contributed by atoms with E-state index in [1.54, 1.807) is 11.3 Å². The molecule has 0 bridgehead atoms. The Balaban J connectivity index is 1.52. The average Bonchev–Trinajstić information content (AvgIpc) is 3.16. The number of guanidine groups is 1. The molecule has 23 heavy (non-hydrogen) atoms. The van der Waals surface area contributed by atoms with Crippen LogP contribution in [-0.2, 0) is 6.54 Å². The minimum atomic E-state index is 0.746. The maximum Gasteiger partial charge on any atom is 0.200 e. The molecule has 1 N–H and O–H groups in total. The van der Waals surface area contributed by atoms with E-state index in [0.29, 0.717) is 0 Å². The highest BCUT2D eigenvalue weighted by molar-refractivity contribution is 7.22. The van der Waals surface area contributed by atoms with Crippen molar-refractivity contribution in [3.05, 3.63) is 59.1 Å². The summed E-state index contributed by atoms with van der Waals surface area (Å²) >= 11 is 7.91. The summed E-state index contributed by atoms with van der Waals surface area (Å²) in [6, 6.07) is 16.1. The molecule has 116 valence electrons. The number of nitrogens with one attached hydrogen (secondary N) is 1. The van der Waals surface area contributed by atoms with Crippen LogP contribution in [0, 0.1) is 0 Å². The molecule has 6 heteroatoms. The lowest BCUT2D eigenvalue weighted by Crippen LogP contribution is -2.32. The van der Waals surface area contributed by atoms with Gasteiger partial charge < -0.3 is 10.2 Å². The van der Waals surface area contributed by atoms with Gasteiger partial charge >= 0.3 is 0 Å². The molecule has 0 unspecified atom stereocenters.